The van der Waals surface area contributed by atoms with Crippen LogP contribution in [-0.4, -0.2) is 48.9 Å². The number of carbonyl (C=O) groups excluding carboxylic acids is 2. The first-order valence-electron chi connectivity index (χ1n) is 11.1. The van der Waals surface area contributed by atoms with Gasteiger partial charge in [-0.05, 0) is 49.2 Å². The lowest BCUT2D eigenvalue weighted by Gasteiger charge is -2.10. The standard InChI is InChI=1S/C23H26N6O4S/c1-16-10-12-18(13-11-16)34(32)33-15-22(31)25-20-9-5-4-8-19(20)23-26-28-29(27-23)14-21(30)24-17-6-2-3-7-17/h4-5,8-13,17H,2-3,6-7,14-15H2,1H3,(H,24,30)(H,25,31). The third kappa shape index (κ3) is 6.33. The van der Waals surface area contributed by atoms with Gasteiger partial charge in [-0.3, -0.25) is 13.8 Å². The van der Waals surface area contributed by atoms with E-state index in [9.17, 15) is 13.8 Å². The molecule has 0 aliphatic heterocycles. The fourth-order valence-electron chi connectivity index (χ4n) is 3.69. The van der Waals surface area contributed by atoms with Crippen molar-refractivity contribution in [2.24, 2.45) is 0 Å². The van der Waals surface area contributed by atoms with Crippen LogP contribution in [0.5, 0.6) is 0 Å². The van der Waals surface area contributed by atoms with Gasteiger partial charge in [0.2, 0.25) is 11.7 Å². The van der Waals surface area contributed by atoms with E-state index >= 15 is 0 Å². The Kier molecular flexibility index (Phi) is 7.76. The Morgan fingerprint density at radius 3 is 2.59 bits per heavy atom. The molecule has 2 aromatic carbocycles. The lowest BCUT2D eigenvalue weighted by atomic mass is 10.1. The van der Waals surface area contributed by atoms with Crippen LogP contribution < -0.4 is 10.6 Å². The molecular formula is C23H26N6O4S. The molecular weight excluding hydrogens is 456 g/mol. The number of nitrogens with zero attached hydrogens (tertiary/aromatic N) is 4. The summed E-state index contributed by atoms with van der Waals surface area (Å²) in [6.45, 7) is 1.50. The van der Waals surface area contributed by atoms with Gasteiger partial charge in [-0.1, -0.05) is 42.7 Å². The third-order valence-corrected chi connectivity index (χ3v) is 6.40. The van der Waals surface area contributed by atoms with Crippen LogP contribution in [0, 0.1) is 6.92 Å². The number of nitrogens with one attached hydrogen (secondary N) is 2. The Bertz CT molecular complexity index is 1170. The Morgan fingerprint density at radius 2 is 1.82 bits per heavy atom. The van der Waals surface area contributed by atoms with E-state index in [-0.39, 0.29) is 24.3 Å². The van der Waals surface area contributed by atoms with E-state index < -0.39 is 23.6 Å². The number of anilines is 1. The predicted molar refractivity (Wildman–Crippen MR) is 126 cm³/mol. The van der Waals surface area contributed by atoms with Crippen molar-refractivity contribution in [3.63, 3.8) is 0 Å². The molecule has 4 rings (SSSR count). The average molecular weight is 483 g/mol. The summed E-state index contributed by atoms with van der Waals surface area (Å²) in [7, 11) is 0. The van der Waals surface area contributed by atoms with Gasteiger partial charge in [-0.15, -0.1) is 10.2 Å². The molecule has 1 aliphatic carbocycles. The van der Waals surface area contributed by atoms with E-state index in [1.165, 1.54) is 4.80 Å². The highest BCUT2D eigenvalue weighted by atomic mass is 32.2. The summed E-state index contributed by atoms with van der Waals surface area (Å²) in [5, 5.41) is 18.0. The number of rotatable bonds is 9. The zero-order chi connectivity index (χ0) is 23.9. The molecule has 34 heavy (non-hydrogen) atoms. The van der Waals surface area contributed by atoms with Gasteiger partial charge in [0.1, 0.15) is 13.2 Å². The van der Waals surface area contributed by atoms with Crippen molar-refractivity contribution in [2.75, 3.05) is 11.9 Å². The molecule has 0 spiro atoms. The first-order chi connectivity index (χ1) is 16.5. The van der Waals surface area contributed by atoms with E-state index in [1.807, 2.05) is 19.1 Å². The van der Waals surface area contributed by atoms with Crippen molar-refractivity contribution in [1.82, 2.24) is 25.5 Å². The van der Waals surface area contributed by atoms with Gasteiger partial charge in [0, 0.05) is 11.6 Å². The minimum atomic E-state index is -1.75. The topological polar surface area (TPSA) is 128 Å². The molecule has 10 nitrogen and oxygen atoms in total. The molecule has 0 saturated heterocycles. The SMILES string of the molecule is Cc1ccc(S(=O)OCC(=O)Nc2ccccc2-c2nnn(CC(=O)NC3CCCC3)n2)cc1. The lowest BCUT2D eigenvalue weighted by molar-refractivity contribution is -0.122. The van der Waals surface area contributed by atoms with Crippen LogP contribution in [0.1, 0.15) is 31.2 Å². The van der Waals surface area contributed by atoms with Crippen molar-refractivity contribution in [1.29, 1.82) is 0 Å². The summed E-state index contributed by atoms with van der Waals surface area (Å²) in [6, 6.07) is 14.2. The minimum Gasteiger partial charge on any atom is -0.352 e. The summed E-state index contributed by atoms with van der Waals surface area (Å²) in [5.41, 5.74) is 2.03. The number of para-hydroxylation sites is 1. The highest BCUT2D eigenvalue weighted by Gasteiger charge is 2.19. The molecule has 1 atom stereocenters. The Balaban J connectivity index is 1.35. The zero-order valence-electron chi connectivity index (χ0n) is 18.8. The molecule has 178 valence electrons. The molecule has 1 saturated carbocycles. The number of benzene rings is 2. The van der Waals surface area contributed by atoms with Crippen LogP contribution >= 0.6 is 0 Å². The highest BCUT2D eigenvalue weighted by molar-refractivity contribution is 7.80. The second kappa shape index (κ2) is 11.1. The molecule has 0 bridgehead atoms. The quantitative estimate of drug-likeness (QED) is 0.479. The molecule has 1 aliphatic rings. The molecule has 2 N–H and O–H groups in total. The van der Waals surface area contributed by atoms with Crippen molar-refractivity contribution in [3.8, 4) is 11.4 Å². The number of amides is 2. The number of aromatic nitrogens is 4. The van der Waals surface area contributed by atoms with Crippen LogP contribution in [0.15, 0.2) is 53.4 Å². The van der Waals surface area contributed by atoms with Crippen LogP contribution in [0.25, 0.3) is 11.4 Å². The molecule has 2 amide bonds. The smallest absolute Gasteiger partial charge is 0.251 e. The van der Waals surface area contributed by atoms with Gasteiger partial charge in [0.25, 0.3) is 5.91 Å². The van der Waals surface area contributed by atoms with Gasteiger partial charge < -0.3 is 10.6 Å². The fraction of sp³-hybridized carbons (Fsp3) is 0.348. The van der Waals surface area contributed by atoms with Gasteiger partial charge >= 0.3 is 0 Å². The van der Waals surface area contributed by atoms with Gasteiger partial charge in [0.15, 0.2) is 11.1 Å². The Morgan fingerprint density at radius 1 is 1.09 bits per heavy atom. The normalized spacial score (nSPS) is 14.6. The highest BCUT2D eigenvalue weighted by Crippen LogP contribution is 2.24. The molecule has 1 heterocycles. The summed E-state index contributed by atoms with van der Waals surface area (Å²) < 4.78 is 17.5. The Hall–Kier alpha value is -3.44. The molecule has 1 fully saturated rings. The fourth-order valence-corrected chi connectivity index (χ4v) is 4.40. The van der Waals surface area contributed by atoms with E-state index in [1.54, 1.807) is 36.4 Å². The van der Waals surface area contributed by atoms with E-state index in [0.717, 1.165) is 31.2 Å². The zero-order valence-corrected chi connectivity index (χ0v) is 19.6. The van der Waals surface area contributed by atoms with Crippen LogP contribution in [-0.2, 0) is 31.4 Å². The summed E-state index contributed by atoms with van der Waals surface area (Å²) >= 11 is -1.75. The summed E-state index contributed by atoms with van der Waals surface area (Å²) in [6.07, 6.45) is 4.26. The van der Waals surface area contributed by atoms with Crippen molar-refractivity contribution < 1.29 is 18.0 Å². The van der Waals surface area contributed by atoms with E-state index in [0.29, 0.717) is 16.1 Å². The summed E-state index contributed by atoms with van der Waals surface area (Å²) in [5.74, 6) is -0.360. The maximum absolute atomic E-state index is 12.4. The van der Waals surface area contributed by atoms with Gasteiger partial charge in [-0.25, -0.2) is 4.21 Å². The third-order valence-electron chi connectivity index (χ3n) is 5.41. The number of carbonyl (C=O) groups is 2. The molecule has 3 aromatic rings. The van der Waals surface area contributed by atoms with Crippen LogP contribution in [0.4, 0.5) is 5.69 Å². The largest absolute Gasteiger partial charge is 0.352 e. The van der Waals surface area contributed by atoms with Crippen molar-refractivity contribution in [3.05, 3.63) is 54.1 Å². The van der Waals surface area contributed by atoms with Crippen LogP contribution in [0.2, 0.25) is 0 Å². The first kappa shape index (κ1) is 23.7. The van der Waals surface area contributed by atoms with Crippen molar-refractivity contribution in [2.45, 2.75) is 50.1 Å². The number of hydrogen-bond donors (Lipinski definition) is 2. The first-order valence-corrected chi connectivity index (χ1v) is 12.1. The number of aryl methyl sites for hydroxylation is 1. The molecule has 1 aromatic heterocycles. The van der Waals surface area contributed by atoms with Crippen molar-refractivity contribution >= 4 is 28.6 Å². The molecule has 0 radical (unpaired) electrons. The Labute approximate surface area is 199 Å². The monoisotopic (exact) mass is 482 g/mol. The number of hydrogen-bond acceptors (Lipinski definition) is 7. The molecule has 1 unspecified atom stereocenters. The van der Waals surface area contributed by atoms with Gasteiger partial charge in [0.05, 0.1) is 10.6 Å². The lowest BCUT2D eigenvalue weighted by Crippen LogP contribution is -2.35. The second-order valence-corrected chi connectivity index (χ2v) is 9.27. The van der Waals surface area contributed by atoms with Crippen LogP contribution in [0.3, 0.4) is 0 Å². The van der Waals surface area contributed by atoms with E-state index in [2.05, 4.69) is 26.0 Å². The maximum atomic E-state index is 12.4. The van der Waals surface area contributed by atoms with Gasteiger partial charge in [-0.2, -0.15) is 4.80 Å². The number of tetrazole rings is 1. The average Bonchev–Trinajstić information content (AvgIpc) is 3.50. The van der Waals surface area contributed by atoms with E-state index in [4.69, 9.17) is 4.18 Å². The predicted octanol–water partition coefficient (Wildman–Crippen LogP) is 2.39. The maximum Gasteiger partial charge on any atom is 0.251 e. The second-order valence-electron chi connectivity index (χ2n) is 8.10. The minimum absolute atomic E-state index is 0.0311. The molecule has 11 heteroatoms. The summed E-state index contributed by atoms with van der Waals surface area (Å²) in [4.78, 5) is 26.4.